The molecule has 0 spiro atoms. The van der Waals surface area contributed by atoms with Crippen molar-refractivity contribution < 1.29 is 8.78 Å². The molecule has 0 bridgehead atoms. The van der Waals surface area contributed by atoms with Gasteiger partial charge >= 0.3 is 0 Å². The summed E-state index contributed by atoms with van der Waals surface area (Å²) in [5, 5.41) is 0. The molecule has 2 aliphatic rings. The fraction of sp³-hybridized carbons (Fsp3) is 0.692. The number of fused-ring (bicyclic) bond motifs is 1. The Hall–Kier alpha value is -0.700. The van der Waals surface area contributed by atoms with Crippen molar-refractivity contribution in [1.82, 2.24) is 4.90 Å². The van der Waals surface area contributed by atoms with E-state index in [0.717, 1.165) is 36.6 Å². The van der Waals surface area contributed by atoms with Crippen molar-refractivity contribution in [3.63, 3.8) is 0 Å². The van der Waals surface area contributed by atoms with Crippen LogP contribution in [0.5, 0.6) is 0 Å². The summed E-state index contributed by atoms with van der Waals surface area (Å²) in [5.74, 6) is 0. The molecule has 0 unspecified atom stereocenters. The molecule has 0 saturated carbocycles. The van der Waals surface area contributed by atoms with E-state index in [1.807, 2.05) is 0 Å². The molecule has 0 aromatic heterocycles. The molecule has 2 saturated heterocycles. The van der Waals surface area contributed by atoms with Crippen molar-refractivity contribution in [3.8, 4) is 0 Å². The molecule has 0 aromatic carbocycles. The summed E-state index contributed by atoms with van der Waals surface area (Å²) < 4.78 is 25.3. The van der Waals surface area contributed by atoms with Crippen LogP contribution in [0.2, 0.25) is 0 Å². The highest BCUT2D eigenvalue weighted by Crippen LogP contribution is 2.53. The molecule has 0 amide bonds. The number of hydrogen-bond donors (Lipinski definition) is 0. The Morgan fingerprint density at radius 1 is 1.06 bits per heavy atom. The highest BCUT2D eigenvalue weighted by atomic mass is 19.1. The van der Waals surface area contributed by atoms with E-state index in [9.17, 15) is 8.78 Å². The second-order valence-electron chi connectivity index (χ2n) is 6.03. The van der Waals surface area contributed by atoms with E-state index >= 15 is 0 Å². The zero-order valence-electron chi connectivity index (χ0n) is 10.2. The van der Waals surface area contributed by atoms with Crippen molar-refractivity contribution in [2.75, 3.05) is 13.1 Å². The van der Waals surface area contributed by atoms with Crippen LogP contribution in [0.15, 0.2) is 23.8 Å². The molecule has 0 aliphatic carbocycles. The molecule has 16 heavy (non-hydrogen) atoms. The van der Waals surface area contributed by atoms with Gasteiger partial charge in [0, 0.05) is 18.6 Å². The summed E-state index contributed by atoms with van der Waals surface area (Å²) >= 11 is 0. The molecule has 3 heteroatoms. The third kappa shape index (κ3) is 1.53. The minimum Gasteiger partial charge on any atom is -0.288 e. The quantitative estimate of drug-likeness (QED) is 0.611. The second-order valence-corrected chi connectivity index (χ2v) is 6.03. The van der Waals surface area contributed by atoms with Crippen LogP contribution >= 0.6 is 0 Å². The first-order valence-corrected chi connectivity index (χ1v) is 5.74. The highest BCUT2D eigenvalue weighted by molar-refractivity contribution is 5.29. The minimum atomic E-state index is -0.0944. The van der Waals surface area contributed by atoms with Crippen LogP contribution in [0.4, 0.5) is 8.78 Å². The Labute approximate surface area is 95.8 Å². The number of halogens is 2. The summed E-state index contributed by atoms with van der Waals surface area (Å²) in [5.41, 5.74) is 1.62. The Morgan fingerprint density at radius 2 is 1.50 bits per heavy atom. The molecule has 90 valence electrons. The monoisotopic (exact) mass is 227 g/mol. The van der Waals surface area contributed by atoms with Crippen LogP contribution in [0.3, 0.4) is 0 Å². The molecule has 2 rings (SSSR count). The van der Waals surface area contributed by atoms with Crippen LogP contribution in [0, 0.1) is 5.41 Å². The van der Waals surface area contributed by atoms with Gasteiger partial charge < -0.3 is 0 Å². The van der Waals surface area contributed by atoms with Gasteiger partial charge in [-0.1, -0.05) is 20.8 Å². The molecule has 2 heterocycles. The first-order chi connectivity index (χ1) is 7.43. The molecule has 0 atom stereocenters. The predicted octanol–water partition coefficient (Wildman–Crippen LogP) is 3.59. The van der Waals surface area contributed by atoms with Gasteiger partial charge in [0.2, 0.25) is 0 Å². The van der Waals surface area contributed by atoms with Gasteiger partial charge in [0.1, 0.15) is 0 Å². The lowest BCUT2D eigenvalue weighted by atomic mass is 9.70. The average molecular weight is 227 g/mol. The Balaban J connectivity index is 2.38. The van der Waals surface area contributed by atoms with Crippen LogP contribution in [0.25, 0.3) is 0 Å². The van der Waals surface area contributed by atoms with E-state index in [0.29, 0.717) is 13.1 Å². The van der Waals surface area contributed by atoms with Gasteiger partial charge in [-0.05, 0) is 29.4 Å². The minimum absolute atomic E-state index is 0.0303. The van der Waals surface area contributed by atoms with Gasteiger partial charge in [-0.15, -0.1) is 0 Å². The van der Waals surface area contributed by atoms with Gasteiger partial charge in [-0.25, -0.2) is 8.78 Å². The molecular formula is C13H19F2N. The van der Waals surface area contributed by atoms with Crippen molar-refractivity contribution in [2.24, 2.45) is 5.41 Å². The summed E-state index contributed by atoms with van der Waals surface area (Å²) in [6.07, 6.45) is 2.91. The zero-order valence-corrected chi connectivity index (χ0v) is 10.2. The highest BCUT2D eigenvalue weighted by Gasteiger charge is 2.54. The average Bonchev–Trinajstić information content (AvgIpc) is 2.69. The first-order valence-electron chi connectivity index (χ1n) is 5.74. The largest absolute Gasteiger partial charge is 0.288 e. The second kappa shape index (κ2) is 3.66. The van der Waals surface area contributed by atoms with Gasteiger partial charge in [-0.3, -0.25) is 4.90 Å². The standard InChI is InChI=1S/C13H19F2N/c1-12(2,3)13-4-10(6-14)8-16(13)9-11(5-13)7-15/h6-7H,4-5,8-9H2,1-3H3/b10-6-,11-7-. The van der Waals surface area contributed by atoms with E-state index in [1.165, 1.54) is 0 Å². The van der Waals surface area contributed by atoms with Crippen molar-refractivity contribution in [2.45, 2.75) is 39.2 Å². The van der Waals surface area contributed by atoms with E-state index < -0.39 is 0 Å². The lowest BCUT2D eigenvalue weighted by Crippen LogP contribution is -2.48. The third-order valence-corrected chi connectivity index (χ3v) is 4.14. The zero-order chi connectivity index (χ0) is 12.0. The van der Waals surface area contributed by atoms with Gasteiger partial charge in [0.25, 0.3) is 0 Å². The molecule has 1 nitrogen and oxygen atoms in total. The molecule has 0 aromatic rings. The normalized spacial score (nSPS) is 36.3. The number of rotatable bonds is 0. The Morgan fingerprint density at radius 3 is 1.75 bits per heavy atom. The summed E-state index contributed by atoms with van der Waals surface area (Å²) in [6, 6.07) is 0. The summed E-state index contributed by atoms with van der Waals surface area (Å²) in [6.45, 7) is 7.75. The van der Waals surface area contributed by atoms with Crippen molar-refractivity contribution >= 4 is 0 Å². The lowest BCUT2D eigenvalue weighted by molar-refractivity contribution is 0.0645. The van der Waals surface area contributed by atoms with E-state index in [4.69, 9.17) is 0 Å². The van der Waals surface area contributed by atoms with Gasteiger partial charge in [0.15, 0.2) is 0 Å². The summed E-state index contributed by atoms with van der Waals surface area (Å²) in [4.78, 5) is 2.23. The SMILES string of the molecule is CC(C)(C)C12C/C(=C/F)CN1C/C(=C\F)C2. The molecular weight excluding hydrogens is 208 g/mol. The molecule has 0 radical (unpaired) electrons. The predicted molar refractivity (Wildman–Crippen MR) is 61.4 cm³/mol. The number of nitrogens with zero attached hydrogens (tertiary/aromatic N) is 1. The Bertz CT molecular complexity index is 325. The maximum absolute atomic E-state index is 12.7. The van der Waals surface area contributed by atoms with E-state index in [2.05, 4.69) is 25.7 Å². The number of hydrogen-bond acceptors (Lipinski definition) is 1. The Kier molecular flexibility index (Phi) is 2.69. The third-order valence-electron chi connectivity index (χ3n) is 4.14. The fourth-order valence-electron chi connectivity index (χ4n) is 3.15. The molecule has 2 aliphatic heterocycles. The van der Waals surface area contributed by atoms with Gasteiger partial charge in [0.05, 0.1) is 12.7 Å². The summed E-state index contributed by atoms with van der Waals surface area (Å²) in [7, 11) is 0. The van der Waals surface area contributed by atoms with E-state index in [-0.39, 0.29) is 11.0 Å². The first kappa shape index (κ1) is 11.8. The van der Waals surface area contributed by atoms with Crippen LogP contribution in [-0.4, -0.2) is 23.5 Å². The van der Waals surface area contributed by atoms with Crippen molar-refractivity contribution in [3.05, 3.63) is 23.8 Å². The van der Waals surface area contributed by atoms with Gasteiger partial charge in [-0.2, -0.15) is 0 Å². The maximum Gasteiger partial charge on any atom is 0.0872 e. The topological polar surface area (TPSA) is 3.24 Å². The molecule has 0 N–H and O–H groups in total. The maximum atomic E-state index is 12.7. The van der Waals surface area contributed by atoms with Crippen LogP contribution < -0.4 is 0 Å². The lowest BCUT2D eigenvalue weighted by Gasteiger charge is -2.43. The van der Waals surface area contributed by atoms with Crippen molar-refractivity contribution in [1.29, 1.82) is 0 Å². The fourth-order valence-corrected chi connectivity index (χ4v) is 3.15. The van der Waals surface area contributed by atoms with E-state index in [1.54, 1.807) is 0 Å². The molecule has 2 fully saturated rings. The van der Waals surface area contributed by atoms with Crippen LogP contribution in [0.1, 0.15) is 33.6 Å². The van der Waals surface area contributed by atoms with Crippen LogP contribution in [-0.2, 0) is 0 Å². The smallest absolute Gasteiger partial charge is 0.0872 e.